The first-order valence-corrected chi connectivity index (χ1v) is 5.96. The monoisotopic (exact) mass is 264 g/mol. The first-order valence-electron chi connectivity index (χ1n) is 5.08. The maximum Gasteiger partial charge on any atom is 0.372 e. The van der Waals surface area contributed by atoms with Gasteiger partial charge in [-0.3, -0.25) is 0 Å². The molecule has 0 atom stereocenters. The molecule has 3 heterocycles. The topological polar surface area (TPSA) is 101 Å². The van der Waals surface area contributed by atoms with Gasteiger partial charge in [-0.15, -0.1) is 0 Å². The lowest BCUT2D eigenvalue weighted by atomic mass is 10.5. The summed E-state index contributed by atoms with van der Waals surface area (Å²) in [6.45, 7) is 0.360. The van der Waals surface area contributed by atoms with Gasteiger partial charge >= 0.3 is 5.82 Å². The van der Waals surface area contributed by atoms with E-state index in [9.17, 15) is 10.1 Å². The Morgan fingerprint density at radius 3 is 3.22 bits per heavy atom. The second-order valence-corrected chi connectivity index (χ2v) is 4.36. The maximum atomic E-state index is 11.0. The Hall–Kier alpha value is -2.42. The van der Waals surface area contributed by atoms with Gasteiger partial charge in [0.2, 0.25) is 5.82 Å². The number of anilines is 1. The highest BCUT2D eigenvalue weighted by Crippen LogP contribution is 2.28. The summed E-state index contributed by atoms with van der Waals surface area (Å²) in [5.74, 6) is 0.890. The Kier molecular flexibility index (Phi) is 2.45. The van der Waals surface area contributed by atoms with Gasteiger partial charge < -0.3 is 20.4 Å². The maximum absolute atomic E-state index is 11.0. The molecule has 3 aromatic rings. The average Bonchev–Trinajstić information content (AvgIpc) is 3.01. The summed E-state index contributed by atoms with van der Waals surface area (Å²) in [6, 6.07) is 0. The van der Waals surface area contributed by atoms with E-state index in [1.54, 1.807) is 24.0 Å². The first kappa shape index (κ1) is 10.7. The number of H-pyrrole nitrogens is 1. The molecule has 0 spiro atoms. The molecule has 0 unspecified atom stereocenters. The van der Waals surface area contributed by atoms with Gasteiger partial charge in [0.05, 0.1) is 6.54 Å². The lowest BCUT2D eigenvalue weighted by Gasteiger charge is -2.00. The molecule has 2 N–H and O–H groups in total. The summed E-state index contributed by atoms with van der Waals surface area (Å²) >= 11 is 1.35. The highest BCUT2D eigenvalue weighted by atomic mass is 32.1. The van der Waals surface area contributed by atoms with Crippen molar-refractivity contribution in [3.63, 3.8) is 0 Å². The second-order valence-electron chi connectivity index (χ2n) is 3.49. The van der Waals surface area contributed by atoms with Crippen LogP contribution in [0.2, 0.25) is 0 Å². The lowest BCUT2D eigenvalue weighted by Crippen LogP contribution is -2.04. The van der Waals surface area contributed by atoms with E-state index >= 15 is 0 Å². The molecule has 0 fully saturated rings. The molecule has 0 bridgehead atoms. The van der Waals surface area contributed by atoms with Crippen molar-refractivity contribution < 1.29 is 4.92 Å². The molecule has 3 aromatic heterocycles. The number of aromatic amines is 1. The van der Waals surface area contributed by atoms with Gasteiger partial charge in [0, 0.05) is 17.8 Å². The molecule has 0 aliphatic rings. The van der Waals surface area contributed by atoms with Crippen molar-refractivity contribution in [2.24, 2.45) is 0 Å². The van der Waals surface area contributed by atoms with Crippen LogP contribution in [-0.2, 0) is 6.54 Å². The van der Waals surface area contributed by atoms with Crippen molar-refractivity contribution in [1.29, 1.82) is 0 Å². The summed E-state index contributed by atoms with van der Waals surface area (Å²) in [6.07, 6.45) is 4.94. The molecule has 0 aromatic carbocycles. The largest absolute Gasteiger partial charge is 0.372 e. The van der Waals surface area contributed by atoms with Crippen LogP contribution in [0.5, 0.6) is 0 Å². The SMILES string of the molecule is O=[N+]([O-])c1c(NCc2ncc[nH]2)nc2sccn12. The first-order chi connectivity index (χ1) is 8.75. The van der Waals surface area contributed by atoms with Crippen LogP contribution in [0.3, 0.4) is 0 Å². The van der Waals surface area contributed by atoms with Gasteiger partial charge in [-0.1, -0.05) is 11.3 Å². The van der Waals surface area contributed by atoms with E-state index in [1.165, 1.54) is 15.7 Å². The van der Waals surface area contributed by atoms with Gasteiger partial charge in [0.1, 0.15) is 12.0 Å². The molecule has 18 heavy (non-hydrogen) atoms. The van der Waals surface area contributed by atoms with E-state index in [1.807, 2.05) is 0 Å². The number of fused-ring (bicyclic) bond motifs is 1. The molecule has 8 nitrogen and oxygen atoms in total. The molecule has 3 rings (SSSR count). The van der Waals surface area contributed by atoms with Crippen molar-refractivity contribution in [3.05, 3.63) is 39.9 Å². The van der Waals surface area contributed by atoms with Gasteiger partial charge in [0.25, 0.3) is 4.96 Å². The highest BCUT2D eigenvalue weighted by Gasteiger charge is 2.23. The van der Waals surface area contributed by atoms with Crippen LogP contribution in [0.1, 0.15) is 5.82 Å². The third-order valence-electron chi connectivity index (χ3n) is 2.39. The molecule has 0 aliphatic carbocycles. The summed E-state index contributed by atoms with van der Waals surface area (Å²) in [7, 11) is 0. The third-order valence-corrected chi connectivity index (χ3v) is 3.14. The fraction of sp³-hybridized carbons (Fsp3) is 0.111. The van der Waals surface area contributed by atoms with Gasteiger partial charge in [-0.2, -0.15) is 9.38 Å². The van der Waals surface area contributed by atoms with Crippen molar-refractivity contribution in [1.82, 2.24) is 19.4 Å². The van der Waals surface area contributed by atoms with Crippen LogP contribution >= 0.6 is 11.3 Å². The normalized spacial score (nSPS) is 10.9. The van der Waals surface area contributed by atoms with Crippen LogP contribution in [0.15, 0.2) is 24.0 Å². The minimum Gasteiger partial charge on any atom is -0.358 e. The number of thiazole rings is 1. The van der Waals surface area contributed by atoms with Crippen molar-refractivity contribution in [3.8, 4) is 0 Å². The molecule has 0 saturated carbocycles. The van der Waals surface area contributed by atoms with E-state index in [2.05, 4.69) is 20.3 Å². The number of aromatic nitrogens is 4. The van der Waals surface area contributed by atoms with Crippen LogP contribution < -0.4 is 5.32 Å². The zero-order chi connectivity index (χ0) is 12.5. The Bertz CT molecular complexity index is 685. The number of nitrogens with one attached hydrogen (secondary N) is 2. The zero-order valence-electron chi connectivity index (χ0n) is 9.03. The summed E-state index contributed by atoms with van der Waals surface area (Å²) in [5, 5.41) is 15.7. The molecule has 0 radical (unpaired) electrons. The van der Waals surface area contributed by atoms with Crippen LogP contribution in [0.4, 0.5) is 11.6 Å². The molecule has 92 valence electrons. The summed E-state index contributed by atoms with van der Waals surface area (Å²) in [4.78, 5) is 22.3. The molecular formula is C9H8N6O2S. The number of rotatable bonds is 4. The predicted octanol–water partition coefficient (Wildman–Crippen LogP) is 1.64. The Morgan fingerprint density at radius 2 is 2.50 bits per heavy atom. The van der Waals surface area contributed by atoms with Crippen LogP contribution in [0, 0.1) is 10.1 Å². The zero-order valence-corrected chi connectivity index (χ0v) is 9.85. The standard InChI is InChI=1S/C9H8N6O2S/c16-15(17)8-7(12-5-6-10-1-2-11-6)13-9-14(8)3-4-18-9/h1-4,12H,5H2,(H,10,11). The number of hydrogen-bond acceptors (Lipinski definition) is 6. The Balaban J connectivity index is 1.93. The highest BCUT2D eigenvalue weighted by molar-refractivity contribution is 7.15. The predicted molar refractivity (Wildman–Crippen MR) is 65.6 cm³/mol. The molecule has 0 amide bonds. The van der Waals surface area contributed by atoms with Gasteiger partial charge in [0.15, 0.2) is 0 Å². The van der Waals surface area contributed by atoms with E-state index < -0.39 is 4.92 Å². The minimum atomic E-state index is -0.447. The smallest absolute Gasteiger partial charge is 0.358 e. The van der Waals surface area contributed by atoms with Gasteiger partial charge in [-0.25, -0.2) is 4.98 Å². The third kappa shape index (κ3) is 1.70. The van der Waals surface area contributed by atoms with Crippen LogP contribution in [0.25, 0.3) is 4.96 Å². The van der Waals surface area contributed by atoms with Crippen LogP contribution in [-0.4, -0.2) is 24.3 Å². The van der Waals surface area contributed by atoms with E-state index in [4.69, 9.17) is 0 Å². The second kappa shape index (κ2) is 4.11. The number of hydrogen-bond donors (Lipinski definition) is 2. The summed E-state index contributed by atoms with van der Waals surface area (Å²) in [5.41, 5.74) is 0. The lowest BCUT2D eigenvalue weighted by molar-refractivity contribution is -0.389. The fourth-order valence-electron chi connectivity index (χ4n) is 1.63. The van der Waals surface area contributed by atoms with E-state index in [-0.39, 0.29) is 11.6 Å². The van der Waals surface area contributed by atoms with E-state index in [0.717, 1.165) is 0 Å². The minimum absolute atomic E-state index is 0.0576. The van der Waals surface area contributed by atoms with Crippen molar-refractivity contribution in [2.45, 2.75) is 6.54 Å². The summed E-state index contributed by atoms with van der Waals surface area (Å²) < 4.78 is 1.45. The van der Waals surface area contributed by atoms with Crippen molar-refractivity contribution in [2.75, 3.05) is 5.32 Å². The Morgan fingerprint density at radius 1 is 1.61 bits per heavy atom. The quantitative estimate of drug-likeness (QED) is 0.551. The van der Waals surface area contributed by atoms with Crippen molar-refractivity contribution >= 4 is 27.9 Å². The number of nitrogens with zero attached hydrogens (tertiary/aromatic N) is 4. The molecule has 0 saturated heterocycles. The van der Waals surface area contributed by atoms with E-state index in [0.29, 0.717) is 17.3 Å². The molecular weight excluding hydrogens is 256 g/mol. The number of nitro groups is 1. The number of imidazole rings is 2. The molecule has 0 aliphatic heterocycles. The van der Waals surface area contributed by atoms with Gasteiger partial charge in [-0.05, 0) is 4.92 Å². The average molecular weight is 264 g/mol. The molecule has 9 heteroatoms. The fourth-order valence-corrected chi connectivity index (χ4v) is 2.34. The Labute approximate surface area is 104 Å².